The predicted octanol–water partition coefficient (Wildman–Crippen LogP) is 3.62. The molecule has 1 atom stereocenters. The lowest BCUT2D eigenvalue weighted by Gasteiger charge is -2.33. The van der Waals surface area contributed by atoms with E-state index >= 15 is 0 Å². The highest BCUT2D eigenvalue weighted by atomic mass is 35.5. The Hall–Kier alpha value is -0.280. The molecule has 1 aliphatic carbocycles. The Bertz CT molecular complexity index is 303. The Balaban J connectivity index is 0.00000220. The summed E-state index contributed by atoms with van der Waals surface area (Å²) in [4.78, 5) is 14.9. The summed E-state index contributed by atoms with van der Waals surface area (Å²) in [5, 5.41) is 3.23. The Morgan fingerprint density at radius 2 is 1.90 bits per heavy atom. The van der Waals surface area contributed by atoms with E-state index in [-0.39, 0.29) is 12.4 Å². The smallest absolute Gasteiger partial charge is 0.225 e. The Morgan fingerprint density at radius 3 is 2.52 bits per heavy atom. The third-order valence-corrected chi connectivity index (χ3v) is 5.26. The van der Waals surface area contributed by atoms with Gasteiger partial charge in [-0.25, -0.2) is 0 Å². The molecule has 0 aromatic rings. The van der Waals surface area contributed by atoms with E-state index in [1.807, 2.05) is 7.05 Å². The summed E-state index contributed by atoms with van der Waals surface area (Å²) in [6.07, 6.45) is 11.2. The van der Waals surface area contributed by atoms with Gasteiger partial charge in [-0.05, 0) is 51.5 Å². The highest BCUT2D eigenvalue weighted by Gasteiger charge is 2.34. The van der Waals surface area contributed by atoms with Crippen LogP contribution >= 0.6 is 12.4 Å². The van der Waals surface area contributed by atoms with Crippen LogP contribution in [0.5, 0.6) is 0 Å². The van der Waals surface area contributed by atoms with Crippen LogP contribution in [0, 0.1) is 11.8 Å². The number of carbonyl (C=O) groups excluding carboxylic acids is 1. The number of nitrogens with one attached hydrogen (secondary N) is 1. The van der Waals surface area contributed by atoms with Crippen LogP contribution in [0.25, 0.3) is 0 Å². The van der Waals surface area contributed by atoms with Crippen molar-refractivity contribution >= 4 is 18.3 Å². The molecule has 1 saturated carbocycles. The van der Waals surface area contributed by atoms with Crippen molar-refractivity contribution in [2.24, 2.45) is 11.8 Å². The van der Waals surface area contributed by atoms with E-state index in [1.165, 1.54) is 44.9 Å². The summed E-state index contributed by atoms with van der Waals surface area (Å²) in [5.41, 5.74) is 0. The van der Waals surface area contributed by atoms with E-state index in [0.29, 0.717) is 17.9 Å². The number of rotatable bonds is 6. The third kappa shape index (κ3) is 5.14. The van der Waals surface area contributed by atoms with Crippen molar-refractivity contribution in [2.45, 2.75) is 70.8 Å². The van der Waals surface area contributed by atoms with Crippen LogP contribution in [-0.2, 0) is 4.79 Å². The minimum atomic E-state index is 0. The second-order valence-corrected chi connectivity index (χ2v) is 6.75. The van der Waals surface area contributed by atoms with E-state index in [4.69, 9.17) is 0 Å². The molecule has 0 aromatic heterocycles. The van der Waals surface area contributed by atoms with Gasteiger partial charge in [-0.3, -0.25) is 4.79 Å². The fraction of sp³-hybridized carbons (Fsp3) is 0.941. The van der Waals surface area contributed by atoms with Crippen LogP contribution in [0.3, 0.4) is 0 Å². The molecule has 1 heterocycles. The number of hydrogen-bond donors (Lipinski definition) is 1. The lowest BCUT2D eigenvalue weighted by molar-refractivity contribution is -0.137. The highest BCUT2D eigenvalue weighted by molar-refractivity contribution is 5.85. The van der Waals surface area contributed by atoms with Crippen molar-refractivity contribution in [3.8, 4) is 0 Å². The number of unbranched alkanes of at least 4 members (excludes halogenated alkanes) is 1. The number of halogens is 1. The van der Waals surface area contributed by atoms with Gasteiger partial charge in [0.1, 0.15) is 0 Å². The Morgan fingerprint density at radius 1 is 1.19 bits per heavy atom. The largest absolute Gasteiger partial charge is 0.338 e. The van der Waals surface area contributed by atoms with Crippen molar-refractivity contribution in [3.05, 3.63) is 0 Å². The summed E-state index contributed by atoms with van der Waals surface area (Å²) < 4.78 is 0. The van der Waals surface area contributed by atoms with E-state index in [2.05, 4.69) is 17.1 Å². The first-order valence-electron chi connectivity index (χ1n) is 8.71. The van der Waals surface area contributed by atoms with Gasteiger partial charge in [0.25, 0.3) is 0 Å². The van der Waals surface area contributed by atoms with E-state index < -0.39 is 0 Å². The maximum absolute atomic E-state index is 12.7. The Kier molecular flexibility index (Phi) is 8.65. The topological polar surface area (TPSA) is 32.3 Å². The minimum Gasteiger partial charge on any atom is -0.338 e. The van der Waals surface area contributed by atoms with Crippen molar-refractivity contribution in [1.82, 2.24) is 10.2 Å². The van der Waals surface area contributed by atoms with Gasteiger partial charge in [-0.15, -0.1) is 12.4 Å². The molecular weight excluding hydrogens is 284 g/mol. The van der Waals surface area contributed by atoms with Crippen molar-refractivity contribution in [1.29, 1.82) is 0 Å². The quantitative estimate of drug-likeness (QED) is 0.811. The zero-order valence-corrected chi connectivity index (χ0v) is 14.6. The number of carbonyl (C=O) groups is 1. The number of hydrogen-bond acceptors (Lipinski definition) is 2. The van der Waals surface area contributed by atoms with Gasteiger partial charge < -0.3 is 10.2 Å². The summed E-state index contributed by atoms with van der Waals surface area (Å²) in [6.45, 7) is 4.21. The van der Waals surface area contributed by atoms with Crippen LogP contribution in [-0.4, -0.2) is 37.0 Å². The molecule has 21 heavy (non-hydrogen) atoms. The second-order valence-electron chi connectivity index (χ2n) is 6.75. The number of likely N-dealkylation sites (N-methyl/N-ethyl adjacent to an activating group) is 1. The maximum atomic E-state index is 12.7. The van der Waals surface area contributed by atoms with Crippen molar-refractivity contribution < 1.29 is 4.79 Å². The van der Waals surface area contributed by atoms with Gasteiger partial charge in [-0.1, -0.05) is 26.2 Å². The molecule has 1 saturated heterocycles. The van der Waals surface area contributed by atoms with Gasteiger partial charge in [0.05, 0.1) is 0 Å². The van der Waals surface area contributed by atoms with E-state index in [0.717, 1.165) is 31.8 Å². The van der Waals surface area contributed by atoms with Crippen LogP contribution in [0.2, 0.25) is 0 Å². The Labute approximate surface area is 136 Å². The molecule has 2 rings (SSSR count). The summed E-state index contributed by atoms with van der Waals surface area (Å²) in [6, 6.07) is 0.449. The molecule has 1 aliphatic heterocycles. The van der Waals surface area contributed by atoms with Crippen LogP contribution in [0.4, 0.5) is 0 Å². The van der Waals surface area contributed by atoms with Gasteiger partial charge in [0.15, 0.2) is 0 Å². The molecule has 2 aliphatic rings. The molecule has 0 aromatic carbocycles. The number of amides is 1. The SMILES string of the molecule is CCCCC1CCC(C(=O)N2CCCC2CNC)CC1.Cl. The molecule has 2 fully saturated rings. The third-order valence-electron chi connectivity index (χ3n) is 5.26. The molecule has 3 nitrogen and oxygen atoms in total. The van der Waals surface area contributed by atoms with Gasteiger partial charge in [-0.2, -0.15) is 0 Å². The fourth-order valence-corrected chi connectivity index (χ4v) is 4.00. The molecule has 4 heteroatoms. The molecule has 124 valence electrons. The molecule has 1 amide bonds. The van der Waals surface area contributed by atoms with Gasteiger partial charge >= 0.3 is 0 Å². The molecule has 1 N–H and O–H groups in total. The first-order valence-corrected chi connectivity index (χ1v) is 8.71. The molecule has 0 spiro atoms. The highest BCUT2D eigenvalue weighted by Crippen LogP contribution is 2.34. The molecular formula is C17H33ClN2O. The van der Waals surface area contributed by atoms with Crippen LogP contribution in [0.15, 0.2) is 0 Å². The molecule has 1 unspecified atom stereocenters. The summed E-state index contributed by atoms with van der Waals surface area (Å²) in [7, 11) is 1.99. The normalized spacial score (nSPS) is 29.2. The molecule has 0 bridgehead atoms. The maximum Gasteiger partial charge on any atom is 0.225 e. The van der Waals surface area contributed by atoms with Crippen molar-refractivity contribution in [3.63, 3.8) is 0 Å². The number of nitrogens with zero attached hydrogens (tertiary/aromatic N) is 1. The first-order chi connectivity index (χ1) is 9.76. The average Bonchev–Trinajstić information content (AvgIpc) is 2.93. The standard InChI is InChI=1S/C17H32N2O.ClH/c1-3-4-6-14-8-10-15(11-9-14)17(20)19-12-5-7-16(19)13-18-2;/h14-16,18H,3-13H2,1-2H3;1H. The first kappa shape index (κ1) is 18.8. The summed E-state index contributed by atoms with van der Waals surface area (Å²) in [5.74, 6) is 1.67. The average molecular weight is 317 g/mol. The lowest BCUT2D eigenvalue weighted by atomic mass is 9.79. The fourth-order valence-electron chi connectivity index (χ4n) is 4.00. The summed E-state index contributed by atoms with van der Waals surface area (Å²) >= 11 is 0. The van der Waals surface area contributed by atoms with E-state index in [9.17, 15) is 4.79 Å². The van der Waals surface area contributed by atoms with Gasteiger partial charge in [0.2, 0.25) is 5.91 Å². The zero-order valence-electron chi connectivity index (χ0n) is 13.8. The monoisotopic (exact) mass is 316 g/mol. The predicted molar refractivity (Wildman–Crippen MR) is 90.9 cm³/mol. The molecule has 0 radical (unpaired) electrons. The van der Waals surface area contributed by atoms with Crippen LogP contribution < -0.4 is 5.32 Å². The van der Waals surface area contributed by atoms with E-state index in [1.54, 1.807) is 0 Å². The number of likely N-dealkylation sites (tertiary alicyclic amines) is 1. The minimum absolute atomic E-state index is 0. The van der Waals surface area contributed by atoms with Crippen LogP contribution in [0.1, 0.15) is 64.7 Å². The van der Waals surface area contributed by atoms with Crippen molar-refractivity contribution in [2.75, 3.05) is 20.1 Å². The second kappa shape index (κ2) is 9.68. The lowest BCUT2D eigenvalue weighted by Crippen LogP contribution is -2.44. The zero-order chi connectivity index (χ0) is 14.4. The van der Waals surface area contributed by atoms with Gasteiger partial charge in [0, 0.05) is 25.0 Å².